The van der Waals surface area contributed by atoms with Crippen LogP contribution in [-0.2, 0) is 0 Å². The highest BCUT2D eigenvalue weighted by atomic mass is 32.1. The second-order valence-electron chi connectivity index (χ2n) is 12.2. The number of anilines is 2. The van der Waals surface area contributed by atoms with Gasteiger partial charge in [-0.1, -0.05) is 11.3 Å². The molecule has 2 aromatic heterocycles. The number of nitrogens with two attached hydrogens (primary N) is 1. The summed E-state index contributed by atoms with van der Waals surface area (Å²) in [6, 6.07) is 3.46. The van der Waals surface area contributed by atoms with E-state index in [-0.39, 0.29) is 67.9 Å². The fraction of sp³-hybridized carbons (Fsp3) is 0.500. The van der Waals surface area contributed by atoms with Gasteiger partial charge in [0.25, 0.3) is 0 Å². The molecule has 0 aliphatic carbocycles. The first-order valence-electron chi connectivity index (χ1n) is 14.9. The summed E-state index contributed by atoms with van der Waals surface area (Å²) in [6.07, 6.45) is 1.02. The molecule has 3 aliphatic heterocycles. The number of benzene rings is 2. The van der Waals surface area contributed by atoms with Crippen LogP contribution in [0.2, 0.25) is 0 Å². The first-order valence-corrected chi connectivity index (χ1v) is 15.7. The lowest BCUT2D eigenvalue weighted by Crippen LogP contribution is -2.54. The summed E-state index contributed by atoms with van der Waals surface area (Å²) in [5, 5.41) is 3.55. The van der Waals surface area contributed by atoms with E-state index in [4.69, 9.17) is 20.2 Å². The van der Waals surface area contributed by atoms with Crippen LogP contribution in [0.3, 0.4) is 0 Å². The van der Waals surface area contributed by atoms with Crippen LogP contribution in [0.15, 0.2) is 18.2 Å². The molecule has 15 heteroatoms. The van der Waals surface area contributed by atoms with Crippen LogP contribution >= 0.6 is 11.3 Å². The standard InChI is InChI=1S/C30H32F5N7O2S/c1-14-11-42(15(2)10-37-14)26-18-8-20(44-27(34)35)21(17-4-5-19(32)25-24(17)38-28(36)45-25)22(33)23(18)39-29(40-26)43-13-30-6-3-7-41(30)12-16(31)9-30/h4-5,8,14-16,27,37H,3,6-7,9-13H2,1-2H3,(H2,36,38)/t14-,15+,16-,30?/m1/s1. The van der Waals surface area contributed by atoms with Gasteiger partial charge in [0.2, 0.25) is 0 Å². The summed E-state index contributed by atoms with van der Waals surface area (Å²) in [5.74, 6) is -1.81. The SMILES string of the molecule is C[C@@H]1CN(c2nc(OCC34CCCN3C[C@H](F)C4)nc3c(F)c(-c4ccc(F)c5sc(N)nc45)c(OC(F)F)cc23)[C@@H](C)CN1. The van der Waals surface area contributed by atoms with Gasteiger partial charge in [0, 0.05) is 49.1 Å². The van der Waals surface area contributed by atoms with Crippen molar-refractivity contribution in [1.82, 2.24) is 25.2 Å². The molecular weight excluding hydrogens is 617 g/mol. The van der Waals surface area contributed by atoms with Crippen LogP contribution in [-0.4, -0.2) is 83.0 Å². The van der Waals surface area contributed by atoms with Crippen molar-refractivity contribution in [2.45, 2.75) is 63.5 Å². The number of fused-ring (bicyclic) bond motifs is 3. The molecular formula is C30H32F5N7O2S. The molecule has 45 heavy (non-hydrogen) atoms. The Morgan fingerprint density at radius 1 is 1.16 bits per heavy atom. The van der Waals surface area contributed by atoms with Gasteiger partial charge in [0.15, 0.2) is 10.9 Å². The highest BCUT2D eigenvalue weighted by Gasteiger charge is 2.49. The van der Waals surface area contributed by atoms with E-state index in [1.165, 1.54) is 12.1 Å². The molecule has 240 valence electrons. The van der Waals surface area contributed by atoms with Crippen molar-refractivity contribution in [1.29, 1.82) is 0 Å². The van der Waals surface area contributed by atoms with E-state index >= 15 is 4.39 Å². The van der Waals surface area contributed by atoms with E-state index < -0.39 is 35.7 Å². The van der Waals surface area contributed by atoms with Gasteiger partial charge in [-0.3, -0.25) is 4.90 Å². The minimum Gasteiger partial charge on any atom is -0.461 e. The van der Waals surface area contributed by atoms with Gasteiger partial charge in [0.05, 0.1) is 21.3 Å². The monoisotopic (exact) mass is 649 g/mol. The average molecular weight is 650 g/mol. The molecule has 5 heterocycles. The molecule has 3 N–H and O–H groups in total. The molecule has 0 bridgehead atoms. The number of alkyl halides is 3. The normalized spacial score (nSPS) is 25.5. The predicted molar refractivity (Wildman–Crippen MR) is 162 cm³/mol. The number of thiazole rings is 1. The lowest BCUT2D eigenvalue weighted by Gasteiger charge is -2.39. The summed E-state index contributed by atoms with van der Waals surface area (Å²) in [5.41, 5.74) is 4.81. The van der Waals surface area contributed by atoms with Crippen molar-refractivity contribution in [3.05, 3.63) is 29.8 Å². The van der Waals surface area contributed by atoms with Crippen molar-refractivity contribution < 1.29 is 31.4 Å². The molecule has 9 nitrogen and oxygen atoms in total. The van der Waals surface area contributed by atoms with Crippen LogP contribution in [0.5, 0.6) is 11.8 Å². The lowest BCUT2D eigenvalue weighted by atomic mass is 9.95. The maximum atomic E-state index is 16.9. The number of hydrogen-bond donors (Lipinski definition) is 2. The van der Waals surface area contributed by atoms with Crippen LogP contribution in [0, 0.1) is 11.6 Å². The second kappa shape index (κ2) is 11.4. The van der Waals surface area contributed by atoms with Crippen molar-refractivity contribution >= 4 is 43.4 Å². The van der Waals surface area contributed by atoms with Gasteiger partial charge in [-0.2, -0.15) is 18.7 Å². The molecule has 4 atom stereocenters. The Balaban J connectivity index is 1.42. The number of halogens is 5. The number of hydrogen-bond acceptors (Lipinski definition) is 10. The van der Waals surface area contributed by atoms with Crippen LogP contribution < -0.4 is 25.4 Å². The van der Waals surface area contributed by atoms with Gasteiger partial charge in [-0.05, 0) is 51.4 Å². The molecule has 2 aromatic carbocycles. The van der Waals surface area contributed by atoms with Gasteiger partial charge in [0.1, 0.15) is 35.7 Å². The largest absolute Gasteiger partial charge is 0.461 e. The van der Waals surface area contributed by atoms with E-state index in [9.17, 15) is 17.6 Å². The van der Waals surface area contributed by atoms with Crippen LogP contribution in [0.1, 0.15) is 33.1 Å². The third-order valence-electron chi connectivity index (χ3n) is 9.12. The van der Waals surface area contributed by atoms with Crippen LogP contribution in [0.4, 0.5) is 32.9 Å². The van der Waals surface area contributed by atoms with Gasteiger partial charge < -0.3 is 25.4 Å². The average Bonchev–Trinajstić information content (AvgIpc) is 3.65. The molecule has 1 unspecified atom stereocenters. The Bertz CT molecular complexity index is 1780. The van der Waals surface area contributed by atoms with E-state index in [0.29, 0.717) is 26.1 Å². The highest BCUT2D eigenvalue weighted by molar-refractivity contribution is 7.22. The minimum atomic E-state index is -3.29. The number of nitrogens with zero attached hydrogens (tertiary/aromatic N) is 5. The number of piperazine rings is 1. The summed E-state index contributed by atoms with van der Waals surface area (Å²) in [4.78, 5) is 17.4. The molecule has 0 saturated carbocycles. The number of rotatable bonds is 7. The zero-order valence-electron chi connectivity index (χ0n) is 24.6. The van der Waals surface area contributed by atoms with E-state index in [2.05, 4.69) is 20.2 Å². The molecule has 0 spiro atoms. The first kappa shape index (κ1) is 30.1. The Kier molecular flexibility index (Phi) is 7.60. The Labute approximate surface area is 259 Å². The Hall–Kier alpha value is -3.56. The molecule has 3 saturated heterocycles. The zero-order chi connectivity index (χ0) is 31.6. The fourth-order valence-corrected chi connectivity index (χ4v) is 7.81. The summed E-state index contributed by atoms with van der Waals surface area (Å²) in [7, 11) is 0. The van der Waals surface area contributed by atoms with Crippen molar-refractivity contribution in [2.75, 3.05) is 43.4 Å². The summed E-state index contributed by atoms with van der Waals surface area (Å²) in [6.45, 7) is 2.96. The van der Waals surface area contributed by atoms with Crippen molar-refractivity contribution in [3.8, 4) is 22.9 Å². The van der Waals surface area contributed by atoms with Gasteiger partial charge in [-0.25, -0.2) is 18.2 Å². The molecule has 7 rings (SSSR count). The molecule has 3 aliphatic rings. The molecule has 4 aromatic rings. The molecule has 0 amide bonds. The number of nitrogens with one attached hydrogen (secondary N) is 1. The lowest BCUT2D eigenvalue weighted by molar-refractivity contribution is -0.0494. The summed E-state index contributed by atoms with van der Waals surface area (Å²) < 4.78 is 84.7. The number of ether oxygens (including phenoxy) is 2. The minimum absolute atomic E-state index is 0.00704. The highest BCUT2D eigenvalue weighted by Crippen LogP contribution is 2.45. The van der Waals surface area contributed by atoms with Crippen LogP contribution in [0.25, 0.3) is 32.2 Å². The topological polar surface area (TPSA) is 102 Å². The van der Waals surface area contributed by atoms with Crippen molar-refractivity contribution in [2.24, 2.45) is 0 Å². The predicted octanol–water partition coefficient (Wildman–Crippen LogP) is 5.51. The quantitative estimate of drug-likeness (QED) is 0.251. The number of nitrogen functional groups attached to an aromatic ring is 1. The molecule has 3 fully saturated rings. The zero-order valence-corrected chi connectivity index (χ0v) is 25.4. The smallest absolute Gasteiger partial charge is 0.387 e. The maximum Gasteiger partial charge on any atom is 0.387 e. The Morgan fingerprint density at radius 3 is 2.78 bits per heavy atom. The second-order valence-corrected chi connectivity index (χ2v) is 13.2. The van der Waals surface area contributed by atoms with E-state index in [1.807, 2.05) is 18.7 Å². The van der Waals surface area contributed by atoms with E-state index in [1.54, 1.807) is 0 Å². The summed E-state index contributed by atoms with van der Waals surface area (Å²) >= 11 is 0.858. The van der Waals surface area contributed by atoms with Gasteiger partial charge >= 0.3 is 12.6 Å². The van der Waals surface area contributed by atoms with E-state index in [0.717, 1.165) is 36.8 Å². The fourth-order valence-electron chi connectivity index (χ4n) is 7.05. The third-order valence-corrected chi connectivity index (χ3v) is 10.0. The third kappa shape index (κ3) is 5.27. The number of aromatic nitrogens is 3. The first-order chi connectivity index (χ1) is 21.5. The Morgan fingerprint density at radius 2 is 1.98 bits per heavy atom. The molecule has 0 radical (unpaired) electrons. The van der Waals surface area contributed by atoms with Crippen molar-refractivity contribution in [3.63, 3.8) is 0 Å². The van der Waals surface area contributed by atoms with Gasteiger partial charge in [-0.15, -0.1) is 0 Å². The maximum absolute atomic E-state index is 16.9.